The molecule has 0 amide bonds. The van der Waals surface area contributed by atoms with E-state index in [0.29, 0.717) is 0 Å². The maximum absolute atomic E-state index is 12.6. The second-order valence-electron chi connectivity index (χ2n) is 3.21. The van der Waals surface area contributed by atoms with E-state index in [1.807, 2.05) is 0 Å². The summed E-state index contributed by atoms with van der Waals surface area (Å²) in [4.78, 5) is 14.0. The molecular weight excluding hydrogens is 232 g/mol. The molecule has 5 nitrogen and oxygen atoms in total. The Balaban J connectivity index is 3.38. The van der Waals surface area contributed by atoms with Crippen molar-refractivity contribution in [3.63, 3.8) is 0 Å². The number of carboxylic acids is 1. The molecule has 7 heteroatoms. The number of aromatic nitrogens is 1. The van der Waals surface area contributed by atoms with Crippen LogP contribution in [0.3, 0.4) is 0 Å². The van der Waals surface area contributed by atoms with Crippen molar-refractivity contribution in [2.45, 2.75) is 19.4 Å². The number of halogens is 2. The molecule has 90 valence electrons. The minimum atomic E-state index is -2.85. The van der Waals surface area contributed by atoms with Crippen molar-refractivity contribution in [3.05, 3.63) is 28.6 Å². The molecule has 0 bridgehead atoms. The van der Waals surface area contributed by atoms with E-state index in [-0.39, 0.29) is 23.2 Å². The SMILES string of the molecule is N#Cc1c(CC(=O)O)cnc(C(F)F)c1CN. The number of carboxylic acid groups (broad SMARTS) is 1. The molecule has 0 aliphatic rings. The molecule has 0 unspecified atom stereocenters. The molecule has 0 aromatic carbocycles. The molecule has 1 aromatic rings. The van der Waals surface area contributed by atoms with Crippen molar-refractivity contribution in [1.29, 1.82) is 5.26 Å². The second-order valence-corrected chi connectivity index (χ2v) is 3.21. The van der Waals surface area contributed by atoms with Gasteiger partial charge in [-0.15, -0.1) is 0 Å². The van der Waals surface area contributed by atoms with E-state index < -0.39 is 24.5 Å². The molecule has 0 saturated carbocycles. The van der Waals surface area contributed by atoms with Gasteiger partial charge in [-0.2, -0.15) is 5.26 Å². The van der Waals surface area contributed by atoms with Gasteiger partial charge in [0.1, 0.15) is 5.69 Å². The van der Waals surface area contributed by atoms with Crippen molar-refractivity contribution in [2.24, 2.45) is 5.73 Å². The highest BCUT2D eigenvalue weighted by molar-refractivity contribution is 5.71. The predicted molar refractivity (Wildman–Crippen MR) is 53.1 cm³/mol. The lowest BCUT2D eigenvalue weighted by molar-refractivity contribution is -0.136. The van der Waals surface area contributed by atoms with E-state index >= 15 is 0 Å². The Hall–Kier alpha value is -2.07. The summed E-state index contributed by atoms with van der Waals surface area (Å²) in [6.45, 7) is -0.289. The van der Waals surface area contributed by atoms with Crippen LogP contribution in [0, 0.1) is 11.3 Å². The van der Waals surface area contributed by atoms with Gasteiger partial charge in [-0.1, -0.05) is 0 Å². The molecule has 3 N–H and O–H groups in total. The first-order chi connectivity index (χ1) is 8.01. The maximum atomic E-state index is 12.6. The van der Waals surface area contributed by atoms with E-state index in [0.717, 1.165) is 6.20 Å². The zero-order chi connectivity index (χ0) is 13.0. The fourth-order valence-corrected chi connectivity index (χ4v) is 1.44. The van der Waals surface area contributed by atoms with Crippen LogP contribution in [-0.2, 0) is 17.8 Å². The van der Waals surface area contributed by atoms with E-state index in [2.05, 4.69) is 4.98 Å². The van der Waals surface area contributed by atoms with E-state index in [1.165, 1.54) is 0 Å². The quantitative estimate of drug-likeness (QED) is 0.818. The minimum absolute atomic E-state index is 0.0878. The molecular formula is C10H9F2N3O2. The molecule has 0 aliphatic heterocycles. The van der Waals surface area contributed by atoms with Gasteiger partial charge < -0.3 is 10.8 Å². The van der Waals surface area contributed by atoms with E-state index in [4.69, 9.17) is 16.1 Å². The number of nitrogens with two attached hydrogens (primary N) is 1. The fraction of sp³-hybridized carbons (Fsp3) is 0.300. The summed E-state index contributed by atoms with van der Waals surface area (Å²) in [5.74, 6) is -1.17. The Bertz CT molecular complexity index is 483. The highest BCUT2D eigenvalue weighted by Gasteiger charge is 2.20. The van der Waals surface area contributed by atoms with Crippen LogP contribution in [0.2, 0.25) is 0 Å². The number of alkyl halides is 2. The zero-order valence-electron chi connectivity index (χ0n) is 8.65. The number of nitriles is 1. The summed E-state index contributed by atoms with van der Waals surface area (Å²) in [6, 6.07) is 1.70. The van der Waals surface area contributed by atoms with Gasteiger partial charge >= 0.3 is 5.97 Å². The first-order valence-corrected chi connectivity index (χ1v) is 4.62. The van der Waals surface area contributed by atoms with Gasteiger partial charge in [0, 0.05) is 18.3 Å². The third kappa shape index (κ3) is 2.73. The molecule has 0 fully saturated rings. The molecule has 1 rings (SSSR count). The summed E-state index contributed by atoms with van der Waals surface area (Å²) < 4.78 is 25.2. The lowest BCUT2D eigenvalue weighted by Crippen LogP contribution is -2.12. The summed E-state index contributed by atoms with van der Waals surface area (Å²) >= 11 is 0. The number of hydrogen-bond acceptors (Lipinski definition) is 4. The standard InChI is InChI=1S/C10H9F2N3O2/c11-10(12)9-7(3-14)6(2-13)5(4-15-9)1-8(16)17/h4,10H,1,3,14H2,(H,16,17). The molecule has 1 aromatic heterocycles. The van der Waals surface area contributed by atoms with Gasteiger partial charge in [0.25, 0.3) is 6.43 Å². The third-order valence-electron chi connectivity index (χ3n) is 2.16. The van der Waals surface area contributed by atoms with Gasteiger partial charge in [-0.05, 0) is 5.56 Å². The van der Waals surface area contributed by atoms with Gasteiger partial charge in [0.15, 0.2) is 0 Å². The van der Waals surface area contributed by atoms with Crippen molar-refractivity contribution in [3.8, 4) is 6.07 Å². The number of hydrogen-bond donors (Lipinski definition) is 2. The van der Waals surface area contributed by atoms with Crippen LogP contribution in [0.25, 0.3) is 0 Å². The van der Waals surface area contributed by atoms with Crippen LogP contribution < -0.4 is 5.73 Å². The minimum Gasteiger partial charge on any atom is -0.481 e. The van der Waals surface area contributed by atoms with Crippen molar-refractivity contribution in [1.82, 2.24) is 4.98 Å². The molecule has 0 saturated heterocycles. The fourth-order valence-electron chi connectivity index (χ4n) is 1.44. The summed E-state index contributed by atoms with van der Waals surface area (Å²) in [6.07, 6.45) is -2.32. The Morgan fingerprint density at radius 2 is 2.29 bits per heavy atom. The summed E-state index contributed by atoms with van der Waals surface area (Å²) in [5, 5.41) is 17.5. The van der Waals surface area contributed by atoms with E-state index in [9.17, 15) is 13.6 Å². The van der Waals surface area contributed by atoms with Crippen LogP contribution in [0.1, 0.15) is 28.8 Å². The van der Waals surface area contributed by atoms with Gasteiger partial charge in [0.05, 0.1) is 18.1 Å². The molecule has 0 spiro atoms. The number of pyridine rings is 1. The molecule has 0 radical (unpaired) electrons. The lowest BCUT2D eigenvalue weighted by atomic mass is 10.00. The number of aliphatic carboxylic acids is 1. The Kier molecular flexibility index (Phi) is 4.06. The van der Waals surface area contributed by atoms with Crippen LogP contribution in [0.4, 0.5) is 8.78 Å². The maximum Gasteiger partial charge on any atom is 0.307 e. The molecule has 1 heterocycles. The molecule has 0 atom stereocenters. The Morgan fingerprint density at radius 1 is 1.65 bits per heavy atom. The van der Waals surface area contributed by atoms with Gasteiger partial charge in [-0.25, -0.2) is 8.78 Å². The molecule has 17 heavy (non-hydrogen) atoms. The Morgan fingerprint density at radius 3 is 2.71 bits per heavy atom. The lowest BCUT2D eigenvalue weighted by Gasteiger charge is -2.10. The van der Waals surface area contributed by atoms with Gasteiger partial charge in [-0.3, -0.25) is 9.78 Å². The van der Waals surface area contributed by atoms with Crippen molar-refractivity contribution < 1.29 is 18.7 Å². The Labute approximate surface area is 95.5 Å². The molecule has 0 aliphatic carbocycles. The van der Waals surface area contributed by atoms with E-state index in [1.54, 1.807) is 6.07 Å². The highest BCUT2D eigenvalue weighted by Crippen LogP contribution is 2.25. The largest absolute Gasteiger partial charge is 0.481 e. The van der Waals surface area contributed by atoms with Crippen molar-refractivity contribution in [2.75, 3.05) is 0 Å². The van der Waals surface area contributed by atoms with Crippen LogP contribution in [-0.4, -0.2) is 16.1 Å². The van der Waals surface area contributed by atoms with Crippen LogP contribution in [0.5, 0.6) is 0 Å². The summed E-state index contributed by atoms with van der Waals surface area (Å²) in [5.41, 5.74) is 4.59. The summed E-state index contributed by atoms with van der Waals surface area (Å²) in [7, 11) is 0. The third-order valence-corrected chi connectivity index (χ3v) is 2.16. The average Bonchev–Trinajstić information content (AvgIpc) is 2.26. The van der Waals surface area contributed by atoms with Crippen LogP contribution in [0.15, 0.2) is 6.20 Å². The first kappa shape index (κ1) is 13.0. The highest BCUT2D eigenvalue weighted by atomic mass is 19.3. The predicted octanol–water partition coefficient (Wildman–Crippen LogP) is 0.977. The topological polar surface area (TPSA) is 100 Å². The van der Waals surface area contributed by atoms with Crippen LogP contribution >= 0.6 is 0 Å². The van der Waals surface area contributed by atoms with Crippen molar-refractivity contribution >= 4 is 5.97 Å². The smallest absolute Gasteiger partial charge is 0.307 e. The monoisotopic (exact) mass is 241 g/mol. The first-order valence-electron chi connectivity index (χ1n) is 4.62. The second kappa shape index (κ2) is 5.32. The number of rotatable bonds is 4. The number of nitrogens with zero attached hydrogens (tertiary/aromatic N) is 2. The van der Waals surface area contributed by atoms with Gasteiger partial charge in [0.2, 0.25) is 0 Å². The number of carbonyl (C=O) groups is 1. The average molecular weight is 241 g/mol. The normalized spacial score (nSPS) is 10.3. The zero-order valence-corrected chi connectivity index (χ0v) is 8.65.